The van der Waals surface area contributed by atoms with Crippen LogP contribution in [0.4, 0.5) is 0 Å². The average Bonchev–Trinajstić information content (AvgIpc) is 1.82. The third-order valence-corrected chi connectivity index (χ3v) is 1.21. The van der Waals surface area contributed by atoms with Gasteiger partial charge in [0.05, 0.1) is 12.3 Å². The highest BCUT2D eigenvalue weighted by Crippen LogP contribution is 1.78. The predicted molar refractivity (Wildman–Crippen MR) is 44.5 cm³/mol. The van der Waals surface area contributed by atoms with Crippen molar-refractivity contribution in [2.24, 2.45) is 5.73 Å². The molecule has 0 saturated carbocycles. The summed E-state index contributed by atoms with van der Waals surface area (Å²) < 4.78 is 0. The van der Waals surface area contributed by atoms with E-state index in [0.29, 0.717) is 6.17 Å². The quantitative estimate of drug-likeness (QED) is 0.485. The molecule has 0 bridgehead atoms. The number of hydrogen-bond acceptors (Lipinski definition) is 3. The first-order valence-corrected chi connectivity index (χ1v) is 3.91. The molecule has 0 amide bonds. The zero-order chi connectivity index (χ0) is 7.98. The summed E-state index contributed by atoms with van der Waals surface area (Å²) in [4.78, 5) is 0. The monoisotopic (exact) mass is 145 g/mol. The summed E-state index contributed by atoms with van der Waals surface area (Å²) in [6, 6.07) is 0. The fraction of sp³-hybridized carbons (Fsp3) is 1.00. The van der Waals surface area contributed by atoms with Gasteiger partial charge in [-0.25, -0.2) is 0 Å². The smallest absolute Gasteiger partial charge is 0.0554 e. The zero-order valence-corrected chi connectivity index (χ0v) is 7.15. The first-order valence-electron chi connectivity index (χ1n) is 3.91. The van der Waals surface area contributed by atoms with Crippen LogP contribution >= 0.6 is 0 Å². The third-order valence-electron chi connectivity index (χ3n) is 1.21. The van der Waals surface area contributed by atoms with E-state index in [-0.39, 0.29) is 6.17 Å². The van der Waals surface area contributed by atoms with Crippen molar-refractivity contribution in [3.8, 4) is 0 Å². The maximum absolute atomic E-state index is 5.51. The molecule has 0 heterocycles. The van der Waals surface area contributed by atoms with Gasteiger partial charge in [0.2, 0.25) is 0 Å². The lowest BCUT2D eigenvalue weighted by molar-refractivity contribution is 0.410. The lowest BCUT2D eigenvalue weighted by Gasteiger charge is -2.17. The van der Waals surface area contributed by atoms with Crippen LogP contribution in [-0.2, 0) is 0 Å². The fourth-order valence-corrected chi connectivity index (χ4v) is 0.814. The van der Waals surface area contributed by atoms with Crippen LogP contribution < -0.4 is 16.4 Å². The molecule has 10 heavy (non-hydrogen) atoms. The Morgan fingerprint density at radius 2 is 2.00 bits per heavy atom. The maximum Gasteiger partial charge on any atom is 0.0554 e. The van der Waals surface area contributed by atoms with Gasteiger partial charge in [0.1, 0.15) is 0 Å². The van der Waals surface area contributed by atoms with Gasteiger partial charge in [0, 0.05) is 0 Å². The van der Waals surface area contributed by atoms with E-state index in [1.807, 2.05) is 6.92 Å². The molecule has 2 unspecified atom stereocenters. The van der Waals surface area contributed by atoms with Crippen LogP contribution in [0.1, 0.15) is 27.2 Å². The lowest BCUT2D eigenvalue weighted by atomic mass is 10.4. The Labute approximate surface area is 63.4 Å². The van der Waals surface area contributed by atoms with Gasteiger partial charge in [-0.05, 0) is 26.8 Å². The molecule has 0 aliphatic rings. The average molecular weight is 145 g/mol. The SMILES string of the molecule is CCCNC(C)NC(C)N. The van der Waals surface area contributed by atoms with Crippen molar-refractivity contribution >= 4 is 0 Å². The van der Waals surface area contributed by atoms with Crippen LogP contribution in [-0.4, -0.2) is 18.9 Å². The molecule has 0 aromatic heterocycles. The van der Waals surface area contributed by atoms with Crippen LogP contribution in [0, 0.1) is 0 Å². The molecule has 0 spiro atoms. The second-order valence-electron chi connectivity index (χ2n) is 2.63. The molecule has 0 aliphatic carbocycles. The van der Waals surface area contributed by atoms with Gasteiger partial charge in [-0.3, -0.25) is 5.32 Å². The fourth-order valence-electron chi connectivity index (χ4n) is 0.814. The minimum atomic E-state index is 0.0688. The van der Waals surface area contributed by atoms with Gasteiger partial charge >= 0.3 is 0 Å². The summed E-state index contributed by atoms with van der Waals surface area (Å²) in [6.45, 7) is 7.19. The van der Waals surface area contributed by atoms with Gasteiger partial charge in [-0.15, -0.1) is 0 Å². The van der Waals surface area contributed by atoms with Crippen LogP contribution in [0.3, 0.4) is 0 Å². The minimum absolute atomic E-state index is 0.0688. The Morgan fingerprint density at radius 3 is 2.40 bits per heavy atom. The van der Waals surface area contributed by atoms with E-state index in [4.69, 9.17) is 5.73 Å². The molecule has 0 aromatic rings. The summed E-state index contributed by atoms with van der Waals surface area (Å²) in [7, 11) is 0. The summed E-state index contributed by atoms with van der Waals surface area (Å²) in [6.07, 6.45) is 1.55. The van der Waals surface area contributed by atoms with E-state index in [1.54, 1.807) is 0 Å². The van der Waals surface area contributed by atoms with Gasteiger partial charge in [0.15, 0.2) is 0 Å². The van der Waals surface area contributed by atoms with Crippen LogP contribution in [0.5, 0.6) is 0 Å². The molecule has 3 heteroatoms. The number of hydrogen-bond donors (Lipinski definition) is 3. The standard InChI is InChI=1S/C7H19N3/c1-4-5-9-7(3)10-6(2)8/h6-7,9-10H,4-5,8H2,1-3H3. The molecule has 0 saturated heterocycles. The van der Waals surface area contributed by atoms with Crippen molar-refractivity contribution in [3.05, 3.63) is 0 Å². The summed E-state index contributed by atoms with van der Waals surface area (Å²) in [5.41, 5.74) is 5.51. The molecule has 62 valence electrons. The highest BCUT2D eigenvalue weighted by Gasteiger charge is 1.99. The van der Waals surface area contributed by atoms with Crippen LogP contribution in [0.15, 0.2) is 0 Å². The Hall–Kier alpha value is -0.120. The molecule has 4 N–H and O–H groups in total. The van der Waals surface area contributed by atoms with E-state index in [2.05, 4.69) is 24.5 Å². The molecule has 2 atom stereocenters. The van der Waals surface area contributed by atoms with E-state index in [9.17, 15) is 0 Å². The molecular formula is C7H19N3. The molecule has 0 fully saturated rings. The van der Waals surface area contributed by atoms with E-state index >= 15 is 0 Å². The topological polar surface area (TPSA) is 50.1 Å². The van der Waals surface area contributed by atoms with Gasteiger partial charge < -0.3 is 11.1 Å². The highest BCUT2D eigenvalue weighted by molar-refractivity contribution is 4.59. The lowest BCUT2D eigenvalue weighted by Crippen LogP contribution is -2.47. The summed E-state index contributed by atoms with van der Waals surface area (Å²) in [5, 5.41) is 6.42. The van der Waals surface area contributed by atoms with Crippen LogP contribution in [0.2, 0.25) is 0 Å². The van der Waals surface area contributed by atoms with E-state index in [1.165, 1.54) is 0 Å². The number of nitrogens with one attached hydrogen (secondary N) is 2. The molecule has 0 aliphatic heterocycles. The summed E-state index contributed by atoms with van der Waals surface area (Å²) >= 11 is 0. The molecule has 0 aromatic carbocycles. The maximum atomic E-state index is 5.51. The molecule has 3 nitrogen and oxygen atoms in total. The first-order chi connectivity index (χ1) is 4.66. The van der Waals surface area contributed by atoms with Gasteiger partial charge in [-0.2, -0.15) is 0 Å². The van der Waals surface area contributed by atoms with Crippen LogP contribution in [0.25, 0.3) is 0 Å². The number of rotatable bonds is 5. The molecule has 0 radical (unpaired) electrons. The van der Waals surface area contributed by atoms with Gasteiger partial charge in [-0.1, -0.05) is 6.92 Å². The van der Waals surface area contributed by atoms with Crippen molar-refractivity contribution in [3.63, 3.8) is 0 Å². The van der Waals surface area contributed by atoms with Crippen molar-refractivity contribution in [1.29, 1.82) is 0 Å². The third kappa shape index (κ3) is 6.01. The predicted octanol–water partition coefficient (Wildman–Crippen LogP) is 0.226. The first kappa shape index (κ1) is 9.88. The Balaban J connectivity index is 3.16. The second-order valence-corrected chi connectivity index (χ2v) is 2.63. The number of nitrogens with two attached hydrogens (primary N) is 1. The zero-order valence-electron chi connectivity index (χ0n) is 7.15. The highest BCUT2D eigenvalue weighted by atomic mass is 15.2. The van der Waals surface area contributed by atoms with E-state index in [0.717, 1.165) is 13.0 Å². The second kappa shape index (κ2) is 5.65. The van der Waals surface area contributed by atoms with Crippen molar-refractivity contribution in [2.45, 2.75) is 39.5 Å². The largest absolute Gasteiger partial charge is 0.316 e. The normalized spacial score (nSPS) is 16.8. The minimum Gasteiger partial charge on any atom is -0.316 e. The Kier molecular flexibility index (Phi) is 5.58. The van der Waals surface area contributed by atoms with Gasteiger partial charge in [0.25, 0.3) is 0 Å². The Morgan fingerprint density at radius 1 is 1.40 bits per heavy atom. The summed E-state index contributed by atoms with van der Waals surface area (Å²) in [5.74, 6) is 0. The Bertz CT molecular complexity index is 73.3. The molecular weight excluding hydrogens is 126 g/mol. The van der Waals surface area contributed by atoms with Crippen molar-refractivity contribution < 1.29 is 0 Å². The van der Waals surface area contributed by atoms with E-state index < -0.39 is 0 Å². The van der Waals surface area contributed by atoms with Crippen molar-refractivity contribution in [1.82, 2.24) is 10.6 Å². The molecule has 0 rings (SSSR count). The van der Waals surface area contributed by atoms with Crippen molar-refractivity contribution in [2.75, 3.05) is 6.54 Å².